The van der Waals surface area contributed by atoms with Crippen molar-refractivity contribution in [3.05, 3.63) is 0 Å². The molecule has 0 aliphatic carbocycles. The molecule has 0 aromatic carbocycles. The number of hydrogen-bond donors (Lipinski definition) is 0. The quantitative estimate of drug-likeness (QED) is 0.696. The summed E-state index contributed by atoms with van der Waals surface area (Å²) in [6.07, 6.45) is -17.7. The Morgan fingerprint density at radius 1 is 0.786 bits per heavy atom. The summed E-state index contributed by atoms with van der Waals surface area (Å²) in [5.41, 5.74) is 0. The van der Waals surface area contributed by atoms with Crippen molar-refractivity contribution in [2.75, 3.05) is 6.86 Å². The molecule has 0 saturated carbocycles. The van der Waals surface area contributed by atoms with E-state index in [1.807, 2.05) is 0 Å². The molecule has 0 bridgehead atoms. The van der Waals surface area contributed by atoms with Crippen LogP contribution in [-0.4, -0.2) is 25.4 Å². The zero-order chi connectivity index (χ0) is 11.6. The Bertz CT molecular complexity index is 186. The zero-order valence-electron chi connectivity index (χ0n) is 6.05. The minimum atomic E-state index is -5.99. The normalized spacial score (nSPS) is 14.6. The fourth-order valence-electron chi connectivity index (χ4n) is 0.357. The van der Waals surface area contributed by atoms with Crippen molar-refractivity contribution in [1.29, 1.82) is 0 Å². The van der Waals surface area contributed by atoms with Gasteiger partial charge in [0.25, 0.3) is 0 Å². The lowest BCUT2D eigenvalue weighted by Crippen LogP contribution is -2.47. The number of alkyl halides is 8. The van der Waals surface area contributed by atoms with Crippen molar-refractivity contribution in [3.63, 3.8) is 0 Å². The van der Waals surface area contributed by atoms with E-state index >= 15 is 0 Å². The molecule has 10 heteroatoms. The van der Waals surface area contributed by atoms with Gasteiger partial charge in [-0.1, -0.05) is 0 Å². The summed E-state index contributed by atoms with van der Waals surface area (Å²) in [6.45, 7) is -2.39. The molecular weight excluding hydrogens is 232 g/mol. The van der Waals surface area contributed by atoms with Crippen LogP contribution in [0.4, 0.5) is 35.1 Å². The van der Waals surface area contributed by atoms with E-state index in [9.17, 15) is 35.1 Å². The SMILES string of the molecule is FCOC(F)(F)C(F)(F)OC(F)(F)F. The largest absolute Gasteiger partial charge is 0.527 e. The maximum absolute atomic E-state index is 11.9. The highest BCUT2D eigenvalue weighted by atomic mass is 19.4. The molecule has 86 valence electrons. The summed E-state index contributed by atoms with van der Waals surface area (Å²) in [7, 11) is 0. The van der Waals surface area contributed by atoms with Crippen LogP contribution in [0.25, 0.3) is 0 Å². The molecule has 0 aliphatic rings. The van der Waals surface area contributed by atoms with Gasteiger partial charge in [-0.15, -0.1) is 13.2 Å². The maximum atomic E-state index is 11.9. The second-order valence-corrected chi connectivity index (χ2v) is 1.83. The highest BCUT2D eigenvalue weighted by Crippen LogP contribution is 2.40. The summed E-state index contributed by atoms with van der Waals surface area (Å²) in [5.74, 6) is 0. The van der Waals surface area contributed by atoms with Crippen LogP contribution in [0.2, 0.25) is 0 Å². The van der Waals surface area contributed by atoms with Crippen LogP contribution >= 0.6 is 0 Å². The van der Waals surface area contributed by atoms with E-state index in [1.54, 1.807) is 4.74 Å². The van der Waals surface area contributed by atoms with Crippen LogP contribution in [0.3, 0.4) is 0 Å². The Morgan fingerprint density at radius 3 is 1.50 bits per heavy atom. The van der Waals surface area contributed by atoms with Crippen LogP contribution in [0.15, 0.2) is 0 Å². The third-order valence-corrected chi connectivity index (χ3v) is 0.819. The molecule has 0 aromatic rings. The third-order valence-electron chi connectivity index (χ3n) is 0.819. The first-order valence-corrected chi connectivity index (χ1v) is 2.74. The van der Waals surface area contributed by atoms with Gasteiger partial charge in [0.2, 0.25) is 0 Å². The van der Waals surface area contributed by atoms with Gasteiger partial charge in [0.05, 0.1) is 0 Å². The van der Waals surface area contributed by atoms with Gasteiger partial charge >= 0.3 is 18.6 Å². The molecule has 0 aliphatic heterocycles. The zero-order valence-corrected chi connectivity index (χ0v) is 6.05. The van der Waals surface area contributed by atoms with Crippen LogP contribution < -0.4 is 0 Å². The van der Waals surface area contributed by atoms with E-state index in [2.05, 4.69) is 4.74 Å². The number of halogens is 8. The third kappa shape index (κ3) is 3.62. The number of hydrogen-bond acceptors (Lipinski definition) is 2. The Balaban J connectivity index is 4.59. The predicted molar refractivity (Wildman–Crippen MR) is 24.1 cm³/mol. The smallest absolute Gasteiger partial charge is 0.281 e. The fourth-order valence-corrected chi connectivity index (χ4v) is 0.357. The van der Waals surface area contributed by atoms with Crippen LogP contribution in [-0.2, 0) is 9.47 Å². The van der Waals surface area contributed by atoms with E-state index in [1.165, 1.54) is 0 Å². The predicted octanol–water partition coefficient (Wildman–Crippen LogP) is 2.65. The highest BCUT2D eigenvalue weighted by Gasteiger charge is 2.64. The highest BCUT2D eigenvalue weighted by molar-refractivity contribution is 4.66. The van der Waals surface area contributed by atoms with Crippen molar-refractivity contribution >= 4 is 0 Å². The number of ether oxygens (including phenoxy) is 2. The van der Waals surface area contributed by atoms with Crippen LogP contribution in [0, 0.1) is 0 Å². The average Bonchev–Trinajstić information content (AvgIpc) is 1.79. The van der Waals surface area contributed by atoms with Crippen molar-refractivity contribution in [1.82, 2.24) is 0 Å². The lowest BCUT2D eigenvalue weighted by atomic mass is 10.6. The van der Waals surface area contributed by atoms with Crippen molar-refractivity contribution in [2.45, 2.75) is 18.6 Å². The first-order valence-electron chi connectivity index (χ1n) is 2.74. The minimum absolute atomic E-state index is 1.77. The molecule has 0 saturated heterocycles. The van der Waals surface area contributed by atoms with E-state index in [4.69, 9.17) is 0 Å². The topological polar surface area (TPSA) is 18.5 Å². The van der Waals surface area contributed by atoms with Crippen LogP contribution in [0.5, 0.6) is 0 Å². The summed E-state index contributed by atoms with van der Waals surface area (Å²) < 4.78 is 96.3. The van der Waals surface area contributed by atoms with Gasteiger partial charge < -0.3 is 0 Å². The standard InChI is InChI=1S/C4H2F8O2/c5-1-13-2(6,7)3(8,9)14-4(10,11)12/h1H2. The molecule has 0 heterocycles. The molecule has 14 heavy (non-hydrogen) atoms. The summed E-state index contributed by atoms with van der Waals surface area (Å²) in [6, 6.07) is 0. The van der Waals surface area contributed by atoms with Gasteiger partial charge in [-0.2, -0.15) is 17.6 Å². The summed E-state index contributed by atoms with van der Waals surface area (Å²) in [5, 5.41) is 0. The van der Waals surface area contributed by atoms with Gasteiger partial charge in [0.15, 0.2) is 6.86 Å². The summed E-state index contributed by atoms with van der Waals surface area (Å²) >= 11 is 0. The molecular formula is C4H2F8O2. The van der Waals surface area contributed by atoms with E-state index < -0.39 is 25.4 Å². The number of rotatable bonds is 4. The van der Waals surface area contributed by atoms with Gasteiger partial charge in [-0.3, -0.25) is 4.74 Å². The second kappa shape index (κ2) is 3.85. The molecule has 0 unspecified atom stereocenters. The molecule has 0 radical (unpaired) electrons. The Labute approximate surface area is 71.4 Å². The lowest BCUT2D eigenvalue weighted by Gasteiger charge is -2.24. The summed E-state index contributed by atoms with van der Waals surface area (Å²) in [4.78, 5) is 0. The molecule has 0 fully saturated rings. The molecule has 0 spiro atoms. The molecule has 0 N–H and O–H groups in total. The molecule has 2 nitrogen and oxygen atoms in total. The first-order chi connectivity index (χ1) is 6.02. The van der Waals surface area contributed by atoms with Crippen molar-refractivity contribution in [2.24, 2.45) is 0 Å². The molecule has 0 atom stereocenters. The van der Waals surface area contributed by atoms with Crippen molar-refractivity contribution < 1.29 is 44.6 Å². The molecule has 0 aromatic heterocycles. The Morgan fingerprint density at radius 2 is 1.21 bits per heavy atom. The van der Waals surface area contributed by atoms with Gasteiger partial charge in [0.1, 0.15) is 0 Å². The molecule has 0 amide bonds. The Kier molecular flexibility index (Phi) is 3.67. The minimum Gasteiger partial charge on any atom is -0.281 e. The fraction of sp³-hybridized carbons (Fsp3) is 1.00. The second-order valence-electron chi connectivity index (χ2n) is 1.83. The average molecular weight is 234 g/mol. The Hall–Kier alpha value is -0.640. The lowest BCUT2D eigenvalue weighted by molar-refractivity contribution is -0.506. The first kappa shape index (κ1) is 13.4. The van der Waals surface area contributed by atoms with E-state index in [-0.39, 0.29) is 0 Å². The van der Waals surface area contributed by atoms with E-state index in [0.29, 0.717) is 0 Å². The van der Waals surface area contributed by atoms with E-state index in [0.717, 1.165) is 0 Å². The van der Waals surface area contributed by atoms with Crippen molar-refractivity contribution in [3.8, 4) is 0 Å². The van der Waals surface area contributed by atoms with Gasteiger partial charge in [0, 0.05) is 0 Å². The maximum Gasteiger partial charge on any atom is 0.527 e. The van der Waals surface area contributed by atoms with Gasteiger partial charge in [-0.05, 0) is 0 Å². The van der Waals surface area contributed by atoms with Gasteiger partial charge in [-0.25, -0.2) is 9.13 Å². The molecule has 0 rings (SSSR count). The monoisotopic (exact) mass is 234 g/mol. The van der Waals surface area contributed by atoms with Crippen LogP contribution in [0.1, 0.15) is 0 Å².